The largest absolute Gasteiger partial charge is 0.494 e. The molecule has 1 aromatic rings. The van der Waals surface area contributed by atoms with Crippen molar-refractivity contribution in [1.29, 1.82) is 0 Å². The van der Waals surface area contributed by atoms with Gasteiger partial charge in [-0.05, 0) is 51.8 Å². The Bertz CT molecular complexity index is 992. The molecule has 0 saturated heterocycles. The summed E-state index contributed by atoms with van der Waals surface area (Å²) < 4.78 is 10.9. The molecule has 0 amide bonds. The van der Waals surface area contributed by atoms with Crippen molar-refractivity contribution in [2.45, 2.75) is 45.8 Å². The summed E-state index contributed by atoms with van der Waals surface area (Å²) in [6, 6.07) is 6.32. The average molecular weight is 584 g/mol. The quantitative estimate of drug-likeness (QED) is 0.156. The molecule has 0 radical (unpaired) electrons. The molecule has 1 atom stereocenters. The maximum absolute atomic E-state index is 12.8. The number of hydrogen-bond acceptors (Lipinski definition) is 10. The Kier molecular flexibility index (Phi) is 14.8. The molecule has 0 aromatic heterocycles. The molecular formula is C27H41N3O11. The molecule has 0 spiro atoms. The van der Waals surface area contributed by atoms with E-state index in [0.29, 0.717) is 12.4 Å². The lowest BCUT2D eigenvalue weighted by Gasteiger charge is -2.35. The summed E-state index contributed by atoms with van der Waals surface area (Å²) in [5, 5.41) is 37.4. The number of carboxylic acids is 4. The number of carbonyl (C=O) groups excluding carboxylic acids is 1. The molecule has 0 aliphatic heterocycles. The van der Waals surface area contributed by atoms with E-state index in [-0.39, 0.29) is 32.6 Å². The van der Waals surface area contributed by atoms with Crippen LogP contribution in [0.2, 0.25) is 0 Å². The fraction of sp³-hybridized carbons (Fsp3) is 0.593. The van der Waals surface area contributed by atoms with Gasteiger partial charge in [0.2, 0.25) is 0 Å². The lowest BCUT2D eigenvalue weighted by molar-refractivity contribution is -0.157. The summed E-state index contributed by atoms with van der Waals surface area (Å²) in [7, 11) is 0. The first kappa shape index (κ1) is 35.3. The molecule has 0 unspecified atom stereocenters. The van der Waals surface area contributed by atoms with Crippen molar-refractivity contribution in [3.05, 3.63) is 29.8 Å². The van der Waals surface area contributed by atoms with Crippen LogP contribution in [0.5, 0.6) is 5.75 Å². The Morgan fingerprint density at radius 3 is 1.68 bits per heavy atom. The van der Waals surface area contributed by atoms with Crippen LogP contribution < -0.4 is 4.74 Å². The zero-order chi connectivity index (χ0) is 31.2. The predicted molar refractivity (Wildman–Crippen MR) is 146 cm³/mol. The summed E-state index contributed by atoms with van der Waals surface area (Å²) in [4.78, 5) is 62.6. The molecule has 0 saturated carbocycles. The van der Waals surface area contributed by atoms with Gasteiger partial charge in [-0.1, -0.05) is 12.1 Å². The molecule has 0 heterocycles. The van der Waals surface area contributed by atoms with E-state index in [2.05, 4.69) is 0 Å². The number of hydrogen-bond donors (Lipinski definition) is 4. The second kappa shape index (κ2) is 17.1. The Balaban J connectivity index is 3.35. The first-order chi connectivity index (χ1) is 19.1. The van der Waals surface area contributed by atoms with Crippen molar-refractivity contribution in [3.8, 4) is 5.75 Å². The van der Waals surface area contributed by atoms with Gasteiger partial charge in [-0.2, -0.15) is 0 Å². The fourth-order valence-electron chi connectivity index (χ4n) is 4.10. The molecule has 41 heavy (non-hydrogen) atoms. The Morgan fingerprint density at radius 2 is 1.24 bits per heavy atom. The number of carboxylic acid groups (broad SMARTS) is 4. The summed E-state index contributed by atoms with van der Waals surface area (Å²) in [5.74, 6) is -4.92. The summed E-state index contributed by atoms with van der Waals surface area (Å²) in [6.45, 7) is 4.80. The second-order valence-electron chi connectivity index (χ2n) is 10.4. The van der Waals surface area contributed by atoms with Gasteiger partial charge in [0.1, 0.15) is 11.4 Å². The smallest absolute Gasteiger partial charge is 0.320 e. The van der Waals surface area contributed by atoms with E-state index >= 15 is 0 Å². The van der Waals surface area contributed by atoms with E-state index in [1.807, 2.05) is 6.92 Å². The van der Waals surface area contributed by atoms with Crippen LogP contribution in [0.1, 0.15) is 33.3 Å². The van der Waals surface area contributed by atoms with E-state index in [4.69, 9.17) is 9.47 Å². The first-order valence-electron chi connectivity index (χ1n) is 13.1. The maximum Gasteiger partial charge on any atom is 0.320 e. The van der Waals surface area contributed by atoms with Crippen molar-refractivity contribution in [3.63, 3.8) is 0 Å². The van der Waals surface area contributed by atoms with E-state index < -0.39 is 67.7 Å². The standard InChI is InChI=1S/C27H41N3O11/c1-5-40-21-8-6-19(7-9-21)12-20(30(16-24(35)36)17-25(37)38)13-28(18-26(39)41-27(2,3)4)10-11-29(14-22(31)32)15-23(33)34/h6-9,20H,5,10-18H2,1-4H3,(H,31,32)(H,33,34)(H,35,36)(H,37,38)/t20-/m0/s1. The highest BCUT2D eigenvalue weighted by atomic mass is 16.6. The molecule has 230 valence electrons. The molecule has 14 nitrogen and oxygen atoms in total. The molecule has 1 aromatic carbocycles. The van der Waals surface area contributed by atoms with Crippen molar-refractivity contribution >= 4 is 29.8 Å². The minimum atomic E-state index is -1.24. The molecule has 0 aliphatic carbocycles. The monoisotopic (exact) mass is 583 g/mol. The third-order valence-electron chi connectivity index (χ3n) is 5.59. The lowest BCUT2D eigenvalue weighted by atomic mass is 10.0. The van der Waals surface area contributed by atoms with Crippen LogP contribution in [0.25, 0.3) is 0 Å². The maximum atomic E-state index is 12.8. The van der Waals surface area contributed by atoms with Gasteiger partial charge in [-0.3, -0.25) is 38.7 Å². The van der Waals surface area contributed by atoms with Crippen LogP contribution in [0, 0.1) is 0 Å². The zero-order valence-corrected chi connectivity index (χ0v) is 23.9. The van der Waals surface area contributed by atoms with Crippen LogP contribution in [0.4, 0.5) is 0 Å². The molecular weight excluding hydrogens is 542 g/mol. The number of benzene rings is 1. The normalized spacial score (nSPS) is 12.4. The second-order valence-corrected chi connectivity index (χ2v) is 10.4. The number of aliphatic carboxylic acids is 4. The minimum absolute atomic E-state index is 0.000989. The third kappa shape index (κ3) is 16.2. The fourth-order valence-corrected chi connectivity index (χ4v) is 4.10. The van der Waals surface area contributed by atoms with Crippen LogP contribution in [0.3, 0.4) is 0 Å². The van der Waals surface area contributed by atoms with Gasteiger partial charge >= 0.3 is 29.8 Å². The zero-order valence-electron chi connectivity index (χ0n) is 23.9. The van der Waals surface area contributed by atoms with Crippen LogP contribution in [-0.4, -0.2) is 136 Å². The summed E-state index contributed by atoms with van der Waals surface area (Å²) in [5.41, 5.74) is -0.0447. The molecule has 14 heteroatoms. The van der Waals surface area contributed by atoms with Gasteiger partial charge in [0.25, 0.3) is 0 Å². The van der Waals surface area contributed by atoms with Crippen LogP contribution in [-0.2, 0) is 35.1 Å². The Morgan fingerprint density at radius 1 is 0.756 bits per heavy atom. The highest BCUT2D eigenvalue weighted by Gasteiger charge is 2.28. The number of ether oxygens (including phenoxy) is 2. The lowest BCUT2D eigenvalue weighted by Crippen LogP contribution is -2.51. The highest BCUT2D eigenvalue weighted by Crippen LogP contribution is 2.17. The van der Waals surface area contributed by atoms with E-state index in [1.54, 1.807) is 49.9 Å². The number of rotatable bonds is 20. The first-order valence-corrected chi connectivity index (χ1v) is 13.1. The summed E-state index contributed by atoms with van der Waals surface area (Å²) in [6.07, 6.45) is 0.214. The van der Waals surface area contributed by atoms with Crippen molar-refractivity contribution < 1.29 is 53.9 Å². The van der Waals surface area contributed by atoms with Crippen LogP contribution >= 0.6 is 0 Å². The molecule has 0 bridgehead atoms. The number of nitrogens with zero attached hydrogens (tertiary/aromatic N) is 3. The number of esters is 1. The predicted octanol–water partition coefficient (Wildman–Crippen LogP) is 0.583. The van der Waals surface area contributed by atoms with Gasteiger partial charge < -0.3 is 29.9 Å². The molecule has 4 N–H and O–H groups in total. The highest BCUT2D eigenvalue weighted by molar-refractivity contribution is 5.73. The average Bonchev–Trinajstić information content (AvgIpc) is 2.80. The topological polar surface area (TPSA) is 194 Å². The minimum Gasteiger partial charge on any atom is -0.494 e. The van der Waals surface area contributed by atoms with E-state index in [9.17, 15) is 44.4 Å². The van der Waals surface area contributed by atoms with Gasteiger partial charge in [-0.15, -0.1) is 0 Å². The summed E-state index contributed by atoms with van der Waals surface area (Å²) >= 11 is 0. The molecule has 0 aliphatic rings. The molecule has 1 rings (SSSR count). The third-order valence-corrected chi connectivity index (χ3v) is 5.59. The van der Waals surface area contributed by atoms with Crippen LogP contribution in [0.15, 0.2) is 24.3 Å². The van der Waals surface area contributed by atoms with Gasteiger partial charge in [0, 0.05) is 25.7 Å². The molecule has 0 fully saturated rings. The Hall–Kier alpha value is -3.75. The SMILES string of the molecule is CCOc1ccc(C[C@@H](CN(CCN(CC(=O)O)CC(=O)O)CC(=O)OC(C)(C)C)N(CC(=O)O)CC(=O)O)cc1. The van der Waals surface area contributed by atoms with Crippen molar-refractivity contribution in [1.82, 2.24) is 14.7 Å². The number of carbonyl (C=O) groups is 5. The van der Waals surface area contributed by atoms with Gasteiger partial charge in [0.15, 0.2) is 0 Å². The van der Waals surface area contributed by atoms with Gasteiger partial charge in [-0.25, -0.2) is 0 Å². The van der Waals surface area contributed by atoms with E-state index in [0.717, 1.165) is 5.56 Å². The van der Waals surface area contributed by atoms with Crippen molar-refractivity contribution in [2.75, 3.05) is 59.0 Å². The van der Waals surface area contributed by atoms with Crippen molar-refractivity contribution in [2.24, 2.45) is 0 Å². The Labute approximate surface area is 239 Å². The van der Waals surface area contributed by atoms with Gasteiger partial charge in [0.05, 0.1) is 39.3 Å². The van der Waals surface area contributed by atoms with E-state index in [1.165, 1.54) is 9.80 Å².